The van der Waals surface area contributed by atoms with Gasteiger partial charge in [0.05, 0.1) is 42.7 Å². The van der Waals surface area contributed by atoms with E-state index < -0.39 is 73.8 Å². The smallest absolute Gasteiger partial charge is 0.223 e. The number of nitrogens with one attached hydrogen (secondary N) is 1. The van der Waals surface area contributed by atoms with E-state index in [1.165, 1.54) is 0 Å². The van der Waals surface area contributed by atoms with E-state index in [-0.39, 0.29) is 53.6 Å². The summed E-state index contributed by atoms with van der Waals surface area (Å²) in [5.41, 5.74) is 7.16. The van der Waals surface area contributed by atoms with E-state index in [1.807, 2.05) is 6.92 Å². The maximum atomic E-state index is 12.9. The highest BCUT2D eigenvalue weighted by molar-refractivity contribution is 5.80. The molecule has 0 radical (unpaired) electrons. The Bertz CT molecular complexity index is 1240. The van der Waals surface area contributed by atoms with E-state index in [1.54, 1.807) is 20.9 Å². The molecule has 0 unspecified atom stereocenters. The topological polar surface area (TPSA) is 191 Å². The maximum Gasteiger partial charge on any atom is 0.223 e. The van der Waals surface area contributed by atoms with Crippen LogP contribution < -0.4 is 11.1 Å². The molecule has 7 fully saturated rings. The van der Waals surface area contributed by atoms with Crippen LogP contribution in [0.15, 0.2) is 0 Å². The molecule has 13 nitrogen and oxygen atoms in total. The zero-order valence-corrected chi connectivity index (χ0v) is 32.0. The molecule has 20 atom stereocenters. The summed E-state index contributed by atoms with van der Waals surface area (Å²) in [6, 6.07) is 0. The molecule has 0 aromatic rings. The summed E-state index contributed by atoms with van der Waals surface area (Å²) in [6.45, 7) is 10.1. The van der Waals surface area contributed by atoms with Gasteiger partial charge in [0.2, 0.25) is 5.91 Å². The Morgan fingerprint density at radius 3 is 1.85 bits per heavy atom. The molecule has 3 saturated heterocycles. The number of ether oxygens (including phenoxy) is 6. The van der Waals surface area contributed by atoms with E-state index in [0.717, 1.165) is 57.8 Å². The molecule has 1 amide bonds. The van der Waals surface area contributed by atoms with Crippen molar-refractivity contribution in [1.29, 1.82) is 0 Å². The summed E-state index contributed by atoms with van der Waals surface area (Å²) in [7, 11) is 1.74. The zero-order chi connectivity index (χ0) is 37.3. The number of hydrogen-bond donors (Lipinski definition) is 6. The fraction of sp³-hybridized carbons (Fsp3) is 0.974. The molecule has 52 heavy (non-hydrogen) atoms. The second kappa shape index (κ2) is 14.8. The number of amides is 1. The number of aliphatic hydroxyl groups is 4. The van der Waals surface area contributed by atoms with Crippen molar-refractivity contribution in [2.45, 2.75) is 197 Å². The zero-order valence-electron chi connectivity index (χ0n) is 32.0. The number of nitrogens with two attached hydrogens (primary N) is 1. The average molecular weight is 739 g/mol. The molecule has 7 N–H and O–H groups in total. The lowest BCUT2D eigenvalue weighted by molar-refractivity contribution is -0.336. The van der Waals surface area contributed by atoms with Crippen molar-refractivity contribution in [3.63, 3.8) is 0 Å². The van der Waals surface area contributed by atoms with E-state index >= 15 is 0 Å². The highest BCUT2D eigenvalue weighted by Crippen LogP contribution is 2.68. The SMILES string of the molecule is CNC(=O)[C@H]1CC[C@]2(N)[C@@H]3CC[C@@H]4C[C@@H](O[C@H]5C[C@H](O)[C@H](O[C@H]6C[C@H](O)[C@H](O[C@H]7C[C@H](O)[C@H](O)[C@@H](C)O7)[C@@H](C)O6)[C@@H](C)O5)CC[C@]4(C)[C@H]3CC[C@]12C. The number of carbonyl (C=O) groups is 1. The largest absolute Gasteiger partial charge is 0.390 e. The quantitative estimate of drug-likeness (QED) is 0.210. The second-order valence-corrected chi connectivity index (χ2v) is 18.1. The third-order valence-corrected chi connectivity index (χ3v) is 15.4. The summed E-state index contributed by atoms with van der Waals surface area (Å²) in [5.74, 6) is 1.66. The van der Waals surface area contributed by atoms with E-state index in [2.05, 4.69) is 19.2 Å². The highest BCUT2D eigenvalue weighted by atomic mass is 16.7. The van der Waals surface area contributed by atoms with Gasteiger partial charge >= 0.3 is 0 Å². The van der Waals surface area contributed by atoms with Crippen molar-refractivity contribution in [3.05, 3.63) is 0 Å². The average Bonchev–Trinajstić information content (AvgIpc) is 3.37. The fourth-order valence-corrected chi connectivity index (χ4v) is 12.3. The normalized spacial score (nSPS) is 55.2. The van der Waals surface area contributed by atoms with Gasteiger partial charge in [-0.1, -0.05) is 13.8 Å². The molecular formula is C39H66N2O11. The van der Waals surface area contributed by atoms with Crippen molar-refractivity contribution < 1.29 is 53.6 Å². The molecule has 7 rings (SSSR count). The summed E-state index contributed by atoms with van der Waals surface area (Å²) >= 11 is 0. The van der Waals surface area contributed by atoms with Crippen LogP contribution >= 0.6 is 0 Å². The monoisotopic (exact) mass is 738 g/mol. The fourth-order valence-electron chi connectivity index (χ4n) is 12.3. The Labute approximate surface area is 308 Å². The van der Waals surface area contributed by atoms with Gasteiger partial charge in [0, 0.05) is 37.8 Å². The molecule has 298 valence electrons. The van der Waals surface area contributed by atoms with Crippen LogP contribution in [0, 0.1) is 34.5 Å². The Hall–Kier alpha value is -0.970. The third-order valence-electron chi connectivity index (χ3n) is 15.4. The number of rotatable bonds is 7. The van der Waals surface area contributed by atoms with Crippen LogP contribution in [0.5, 0.6) is 0 Å². The molecule has 0 spiro atoms. The summed E-state index contributed by atoms with van der Waals surface area (Å²) < 4.78 is 36.9. The molecule has 7 aliphatic rings. The lowest BCUT2D eigenvalue weighted by Gasteiger charge is -2.64. The number of aliphatic hydroxyl groups excluding tert-OH is 4. The van der Waals surface area contributed by atoms with Crippen molar-refractivity contribution in [1.82, 2.24) is 5.32 Å². The minimum atomic E-state index is -0.991. The van der Waals surface area contributed by atoms with Crippen LogP contribution in [0.25, 0.3) is 0 Å². The van der Waals surface area contributed by atoms with Gasteiger partial charge < -0.3 is 59.9 Å². The van der Waals surface area contributed by atoms with Gasteiger partial charge in [-0.15, -0.1) is 0 Å². The minimum absolute atomic E-state index is 0.00641. The number of fused-ring (bicyclic) bond motifs is 5. The van der Waals surface area contributed by atoms with Gasteiger partial charge in [-0.3, -0.25) is 4.79 Å². The first kappa shape index (κ1) is 39.3. The second-order valence-electron chi connectivity index (χ2n) is 18.1. The lowest BCUT2D eigenvalue weighted by atomic mass is 9.42. The lowest BCUT2D eigenvalue weighted by Crippen LogP contribution is -2.67. The van der Waals surface area contributed by atoms with Gasteiger partial charge in [-0.05, 0) is 107 Å². The van der Waals surface area contributed by atoms with Crippen LogP contribution in [-0.2, 0) is 33.2 Å². The third kappa shape index (κ3) is 6.79. The highest BCUT2D eigenvalue weighted by Gasteiger charge is 2.67. The van der Waals surface area contributed by atoms with Crippen molar-refractivity contribution in [2.75, 3.05) is 7.05 Å². The van der Waals surface area contributed by atoms with Gasteiger partial charge in [0.15, 0.2) is 18.9 Å². The Morgan fingerprint density at radius 2 is 1.27 bits per heavy atom. The van der Waals surface area contributed by atoms with E-state index in [0.29, 0.717) is 17.8 Å². The molecule has 4 aliphatic carbocycles. The number of carbonyl (C=O) groups excluding carboxylic acids is 1. The van der Waals surface area contributed by atoms with Crippen LogP contribution in [0.3, 0.4) is 0 Å². The van der Waals surface area contributed by atoms with Crippen molar-refractivity contribution >= 4 is 5.91 Å². The molecule has 0 aromatic carbocycles. The summed E-state index contributed by atoms with van der Waals surface area (Å²) in [6.07, 6.45) is 0.850. The molecule has 13 heteroatoms. The van der Waals surface area contributed by atoms with E-state index in [9.17, 15) is 25.2 Å². The van der Waals surface area contributed by atoms with Crippen LogP contribution in [-0.4, -0.2) is 119 Å². The first-order chi connectivity index (χ1) is 24.6. The molecule has 3 heterocycles. The standard InChI is InChI=1S/C39H66N2O11/c1-19-33(45)27(42)16-31(47-19)51-35-21(3)49-32(18-29(35)44)52-34-20(2)48-30(17-28(34)43)50-23-9-12-37(4)22(15-23)7-8-25-24(37)10-13-38(5)26(36(46)41-6)11-14-39(25,38)40/h19-35,42-45H,7-18,40H2,1-6H3,(H,41,46)/t19-,20-,21-,22-,23+,24+,25-,26-,27+,28+,29+,30+,31+,32+,33-,34-,35-,37+,38-,39+/m1/s1. The van der Waals surface area contributed by atoms with Crippen molar-refractivity contribution in [3.8, 4) is 0 Å². The van der Waals surface area contributed by atoms with Crippen molar-refractivity contribution in [2.24, 2.45) is 40.2 Å². The Balaban J connectivity index is 0.898. The Kier molecular flexibility index (Phi) is 11.2. The van der Waals surface area contributed by atoms with Gasteiger partial charge in [-0.25, -0.2) is 0 Å². The molecule has 0 aromatic heterocycles. The minimum Gasteiger partial charge on any atom is -0.390 e. The van der Waals surface area contributed by atoms with E-state index in [4.69, 9.17) is 34.2 Å². The Morgan fingerprint density at radius 1 is 0.692 bits per heavy atom. The molecule has 4 saturated carbocycles. The van der Waals surface area contributed by atoms with Crippen LogP contribution in [0.1, 0.15) is 112 Å². The number of hydrogen-bond acceptors (Lipinski definition) is 12. The predicted molar refractivity (Wildman–Crippen MR) is 188 cm³/mol. The van der Waals surface area contributed by atoms with Crippen LogP contribution in [0.2, 0.25) is 0 Å². The maximum absolute atomic E-state index is 12.9. The first-order valence-corrected chi connectivity index (χ1v) is 20.2. The summed E-state index contributed by atoms with van der Waals surface area (Å²) in [4.78, 5) is 12.9. The molecule has 3 aliphatic heterocycles. The predicted octanol–water partition coefficient (Wildman–Crippen LogP) is 2.48. The van der Waals surface area contributed by atoms with Gasteiger partial charge in [0.1, 0.15) is 18.3 Å². The molecular weight excluding hydrogens is 672 g/mol. The van der Waals surface area contributed by atoms with Crippen LogP contribution in [0.4, 0.5) is 0 Å². The molecule has 0 bridgehead atoms. The van der Waals surface area contributed by atoms with Gasteiger partial charge in [0.25, 0.3) is 0 Å². The summed E-state index contributed by atoms with van der Waals surface area (Å²) in [5, 5.41) is 45.3. The van der Waals surface area contributed by atoms with Gasteiger partial charge in [-0.2, -0.15) is 0 Å². The first-order valence-electron chi connectivity index (χ1n) is 20.2.